The predicted molar refractivity (Wildman–Crippen MR) is 149 cm³/mol. The van der Waals surface area contributed by atoms with Crippen molar-refractivity contribution >= 4 is 33.9 Å². The highest BCUT2D eigenvalue weighted by atomic mass is 32.1. The van der Waals surface area contributed by atoms with Gasteiger partial charge < -0.3 is 16.2 Å². The average molecular weight is 503 g/mol. The highest BCUT2D eigenvalue weighted by Gasteiger charge is 2.18. The van der Waals surface area contributed by atoms with E-state index in [1.54, 1.807) is 29.8 Å². The molecule has 0 saturated carbocycles. The van der Waals surface area contributed by atoms with Crippen molar-refractivity contribution in [3.05, 3.63) is 96.1 Å². The first-order valence-electron chi connectivity index (χ1n) is 11.6. The van der Waals surface area contributed by atoms with E-state index in [0.717, 1.165) is 38.0 Å². The van der Waals surface area contributed by atoms with Crippen LogP contribution in [0.5, 0.6) is 11.6 Å². The third kappa shape index (κ3) is 4.34. The monoisotopic (exact) mass is 502 g/mol. The summed E-state index contributed by atoms with van der Waals surface area (Å²) in [6, 6.07) is 23.6. The van der Waals surface area contributed by atoms with Gasteiger partial charge in [0.1, 0.15) is 11.6 Å². The Bertz CT molecular complexity index is 1750. The van der Waals surface area contributed by atoms with Gasteiger partial charge in [-0.1, -0.05) is 24.3 Å². The lowest BCUT2D eigenvalue weighted by molar-refractivity contribution is 0.465. The molecule has 8 heteroatoms. The zero-order valence-electron chi connectivity index (χ0n) is 19.9. The van der Waals surface area contributed by atoms with E-state index in [0.29, 0.717) is 23.1 Å². The van der Waals surface area contributed by atoms with E-state index in [2.05, 4.69) is 39.4 Å². The van der Waals surface area contributed by atoms with Crippen molar-refractivity contribution in [1.82, 2.24) is 19.9 Å². The van der Waals surface area contributed by atoms with E-state index in [1.807, 2.05) is 54.6 Å². The smallest absolute Gasteiger partial charge is 0.228 e. The molecular weight excluding hydrogens is 480 g/mol. The van der Waals surface area contributed by atoms with E-state index >= 15 is 0 Å². The average Bonchev–Trinajstić information content (AvgIpc) is 3.35. The number of pyridine rings is 2. The first-order chi connectivity index (χ1) is 18.1. The number of fused-ring (bicyclic) bond motifs is 1. The molecular formula is C29H22N6OS. The van der Waals surface area contributed by atoms with Crippen LogP contribution >= 0.6 is 11.3 Å². The highest BCUT2D eigenvalue weighted by Crippen LogP contribution is 2.42. The Balaban J connectivity index is 1.40. The molecule has 0 atom stereocenters. The van der Waals surface area contributed by atoms with E-state index in [9.17, 15) is 0 Å². The molecule has 0 aliphatic rings. The minimum absolute atomic E-state index is 0.190. The molecule has 6 rings (SSSR count). The van der Waals surface area contributed by atoms with Gasteiger partial charge in [0.05, 0.1) is 17.0 Å². The molecule has 37 heavy (non-hydrogen) atoms. The molecule has 0 unspecified atom stereocenters. The van der Waals surface area contributed by atoms with Gasteiger partial charge in [0, 0.05) is 33.8 Å². The maximum atomic E-state index is 6.40. The van der Waals surface area contributed by atoms with E-state index in [-0.39, 0.29) is 5.95 Å². The van der Waals surface area contributed by atoms with Crippen molar-refractivity contribution in [2.24, 2.45) is 0 Å². The summed E-state index contributed by atoms with van der Waals surface area (Å²) in [6.07, 6.45) is 3.28. The number of rotatable bonds is 5. The van der Waals surface area contributed by atoms with Crippen LogP contribution in [-0.2, 0) is 0 Å². The minimum atomic E-state index is 0.190. The Hall–Kier alpha value is -4.82. The van der Waals surface area contributed by atoms with Gasteiger partial charge in [-0.3, -0.25) is 0 Å². The van der Waals surface area contributed by atoms with Crippen LogP contribution in [0.25, 0.3) is 43.7 Å². The van der Waals surface area contributed by atoms with Crippen molar-refractivity contribution in [3.8, 4) is 44.6 Å². The number of thiophene rings is 1. The summed E-state index contributed by atoms with van der Waals surface area (Å²) in [4.78, 5) is 18.7. The van der Waals surface area contributed by atoms with E-state index in [4.69, 9.17) is 21.2 Å². The van der Waals surface area contributed by atoms with Gasteiger partial charge in [0.2, 0.25) is 11.8 Å². The number of hydrogen-bond donors (Lipinski definition) is 2. The van der Waals surface area contributed by atoms with Crippen molar-refractivity contribution in [2.75, 3.05) is 11.5 Å². The minimum Gasteiger partial charge on any atom is -0.438 e. The summed E-state index contributed by atoms with van der Waals surface area (Å²) >= 11 is 1.70. The Morgan fingerprint density at radius 3 is 2.38 bits per heavy atom. The Morgan fingerprint density at radius 2 is 1.62 bits per heavy atom. The van der Waals surface area contributed by atoms with Crippen molar-refractivity contribution in [1.29, 1.82) is 0 Å². The number of benzene rings is 2. The summed E-state index contributed by atoms with van der Waals surface area (Å²) in [6.45, 7) is 2.10. The summed E-state index contributed by atoms with van der Waals surface area (Å²) in [5.74, 6) is 1.75. The molecule has 4 heterocycles. The quantitative estimate of drug-likeness (QED) is 0.268. The predicted octanol–water partition coefficient (Wildman–Crippen LogP) is 6.75. The van der Waals surface area contributed by atoms with Crippen LogP contribution in [0.4, 0.5) is 11.8 Å². The number of anilines is 2. The largest absolute Gasteiger partial charge is 0.438 e. The number of nitrogens with two attached hydrogens (primary N) is 2. The molecule has 180 valence electrons. The number of aryl methyl sites for hydroxylation is 1. The molecule has 6 aromatic rings. The maximum absolute atomic E-state index is 6.40. The van der Waals surface area contributed by atoms with Crippen molar-refractivity contribution < 1.29 is 4.74 Å². The lowest BCUT2D eigenvalue weighted by Crippen LogP contribution is -1.98. The summed E-state index contributed by atoms with van der Waals surface area (Å²) < 4.78 is 6.15. The molecule has 0 amide bonds. The normalized spacial score (nSPS) is 11.1. The Kier molecular flexibility index (Phi) is 5.71. The van der Waals surface area contributed by atoms with Gasteiger partial charge in [-0.15, -0.1) is 11.3 Å². The van der Waals surface area contributed by atoms with Crippen LogP contribution < -0.4 is 16.2 Å². The van der Waals surface area contributed by atoms with Crippen molar-refractivity contribution in [2.45, 2.75) is 6.92 Å². The molecule has 4 aromatic heterocycles. The fraction of sp³-hybridized carbons (Fsp3) is 0.0345. The molecule has 0 spiro atoms. The molecule has 0 fully saturated rings. The summed E-state index contributed by atoms with van der Waals surface area (Å²) in [5, 5.41) is 4.17. The van der Waals surface area contributed by atoms with Crippen LogP contribution in [0, 0.1) is 6.92 Å². The topological polar surface area (TPSA) is 113 Å². The molecule has 0 aliphatic heterocycles. The molecule has 0 aliphatic carbocycles. The van der Waals surface area contributed by atoms with Gasteiger partial charge in [-0.2, -0.15) is 0 Å². The van der Waals surface area contributed by atoms with Crippen LogP contribution in [-0.4, -0.2) is 19.9 Å². The summed E-state index contributed by atoms with van der Waals surface area (Å²) in [7, 11) is 0. The number of ether oxygens (including phenoxy) is 1. The van der Waals surface area contributed by atoms with Crippen LogP contribution in [0.2, 0.25) is 0 Å². The van der Waals surface area contributed by atoms with Gasteiger partial charge in [0.15, 0.2) is 0 Å². The van der Waals surface area contributed by atoms with Gasteiger partial charge in [-0.05, 0) is 71.8 Å². The van der Waals surface area contributed by atoms with Crippen molar-refractivity contribution in [3.63, 3.8) is 0 Å². The zero-order valence-corrected chi connectivity index (χ0v) is 20.7. The Labute approximate surface area is 217 Å². The van der Waals surface area contributed by atoms with Gasteiger partial charge in [0.25, 0.3) is 0 Å². The first kappa shape index (κ1) is 22.6. The fourth-order valence-electron chi connectivity index (χ4n) is 4.29. The number of nitrogens with zero attached hydrogens (tertiary/aromatic N) is 4. The second-order valence-electron chi connectivity index (χ2n) is 8.54. The lowest BCUT2D eigenvalue weighted by Gasteiger charge is -2.14. The molecule has 0 saturated heterocycles. The molecule has 0 bridgehead atoms. The lowest BCUT2D eigenvalue weighted by atomic mass is 9.97. The number of hydrogen-bond acceptors (Lipinski definition) is 8. The first-order valence-corrected chi connectivity index (χ1v) is 12.5. The van der Waals surface area contributed by atoms with Gasteiger partial charge >= 0.3 is 0 Å². The summed E-state index contributed by atoms with van der Waals surface area (Å²) in [5.41, 5.74) is 17.6. The number of nitrogen functional groups attached to an aromatic ring is 2. The second kappa shape index (κ2) is 9.33. The molecule has 4 N–H and O–H groups in total. The third-order valence-corrected chi connectivity index (χ3v) is 7.05. The van der Waals surface area contributed by atoms with E-state index < -0.39 is 0 Å². The highest BCUT2D eigenvalue weighted by molar-refractivity contribution is 7.13. The van der Waals surface area contributed by atoms with Crippen LogP contribution in [0.3, 0.4) is 0 Å². The van der Waals surface area contributed by atoms with Crippen LogP contribution in [0.1, 0.15) is 5.56 Å². The molecule has 2 aromatic carbocycles. The fourth-order valence-corrected chi connectivity index (χ4v) is 5.25. The third-order valence-electron chi connectivity index (χ3n) is 5.98. The van der Waals surface area contributed by atoms with E-state index in [1.165, 1.54) is 5.56 Å². The molecule has 0 radical (unpaired) electrons. The second-order valence-corrected chi connectivity index (χ2v) is 9.45. The number of aromatic nitrogens is 4. The van der Waals surface area contributed by atoms with Gasteiger partial charge in [-0.25, -0.2) is 19.9 Å². The molecule has 7 nitrogen and oxygen atoms in total. The zero-order chi connectivity index (χ0) is 25.4. The van der Waals surface area contributed by atoms with Crippen LogP contribution in [0.15, 0.2) is 90.6 Å². The Morgan fingerprint density at radius 1 is 0.811 bits per heavy atom. The standard InChI is InChI=1S/C29H22N6OS/c1-17-15-24(37-16-17)25-20-5-2-3-6-21(20)27(30)35-26(25)18-8-10-19(11-9-18)36-28-22(7-4-13-32-28)23-12-14-33-29(31)34-23/h2-16H,1H3,(H2,30,35)(H2,31,33,34). The maximum Gasteiger partial charge on any atom is 0.228 e. The SMILES string of the molecule is Cc1csc(-c2c(-c3ccc(Oc4ncccc4-c4ccnc(N)n4)cc3)nc(N)c3ccccc23)c1.